The highest BCUT2D eigenvalue weighted by atomic mass is 35.5. The molecular formula is C22H21ClF2N2O2S. The highest BCUT2D eigenvalue weighted by Crippen LogP contribution is 2.31. The molecule has 0 radical (unpaired) electrons. The molecule has 0 atom stereocenters. The van der Waals surface area contributed by atoms with Crippen molar-refractivity contribution in [2.45, 2.75) is 20.0 Å². The van der Waals surface area contributed by atoms with Crippen LogP contribution in [0.1, 0.15) is 16.7 Å². The second-order valence-corrected chi connectivity index (χ2v) is 9.19. The Morgan fingerprint density at radius 3 is 2.23 bits per heavy atom. The van der Waals surface area contributed by atoms with E-state index in [2.05, 4.69) is 4.72 Å². The van der Waals surface area contributed by atoms with E-state index < -0.39 is 15.8 Å². The van der Waals surface area contributed by atoms with Gasteiger partial charge in [0.1, 0.15) is 11.6 Å². The molecule has 3 rings (SSSR count). The molecule has 1 N–H and O–H groups in total. The second-order valence-electron chi connectivity index (χ2n) is 7.01. The largest absolute Gasteiger partial charge is 0.362 e. The Bertz CT molecular complexity index is 1170. The van der Waals surface area contributed by atoms with Gasteiger partial charge in [-0.2, -0.15) is 0 Å². The van der Waals surface area contributed by atoms with Crippen molar-refractivity contribution in [2.75, 3.05) is 15.9 Å². The highest BCUT2D eigenvalue weighted by molar-refractivity contribution is 7.92. The first kappa shape index (κ1) is 22.1. The Kier molecular flexibility index (Phi) is 6.63. The number of nitrogens with one attached hydrogen (secondary N) is 1. The van der Waals surface area contributed by atoms with Gasteiger partial charge in [0.25, 0.3) is 0 Å². The van der Waals surface area contributed by atoms with Gasteiger partial charge in [0.2, 0.25) is 10.0 Å². The van der Waals surface area contributed by atoms with Crippen LogP contribution in [0.4, 0.5) is 20.2 Å². The van der Waals surface area contributed by atoms with E-state index in [4.69, 9.17) is 11.6 Å². The maximum absolute atomic E-state index is 14.5. The molecule has 0 aliphatic heterocycles. The summed E-state index contributed by atoms with van der Waals surface area (Å²) in [7, 11) is -3.48. The summed E-state index contributed by atoms with van der Waals surface area (Å²) in [6.45, 7) is 2.06. The first-order valence-electron chi connectivity index (χ1n) is 9.14. The van der Waals surface area contributed by atoms with Crippen LogP contribution in [0.3, 0.4) is 0 Å². The third-order valence-electron chi connectivity index (χ3n) is 4.64. The van der Waals surface area contributed by atoms with Crippen molar-refractivity contribution in [3.63, 3.8) is 0 Å². The van der Waals surface area contributed by atoms with Crippen molar-refractivity contribution in [1.29, 1.82) is 0 Å². The Morgan fingerprint density at radius 1 is 0.933 bits per heavy atom. The zero-order valence-electron chi connectivity index (χ0n) is 16.5. The van der Waals surface area contributed by atoms with Crippen molar-refractivity contribution in [3.05, 3.63) is 94.0 Å². The number of benzene rings is 3. The molecule has 0 aromatic heterocycles. The predicted molar refractivity (Wildman–Crippen MR) is 117 cm³/mol. The van der Waals surface area contributed by atoms with Gasteiger partial charge in [0.05, 0.1) is 11.9 Å². The van der Waals surface area contributed by atoms with Crippen molar-refractivity contribution < 1.29 is 17.2 Å². The molecule has 4 nitrogen and oxygen atoms in total. The van der Waals surface area contributed by atoms with Gasteiger partial charge in [-0.05, 0) is 42.8 Å². The van der Waals surface area contributed by atoms with E-state index in [1.165, 1.54) is 12.1 Å². The monoisotopic (exact) mass is 450 g/mol. The van der Waals surface area contributed by atoms with E-state index >= 15 is 0 Å². The molecule has 0 heterocycles. The summed E-state index contributed by atoms with van der Waals surface area (Å²) in [6, 6.07) is 15.9. The molecule has 8 heteroatoms. The molecule has 3 aromatic carbocycles. The molecule has 0 amide bonds. The Morgan fingerprint density at radius 2 is 1.60 bits per heavy atom. The molecule has 0 fully saturated rings. The molecule has 0 saturated heterocycles. The Hall–Kier alpha value is -2.64. The normalized spacial score (nSPS) is 11.4. The van der Waals surface area contributed by atoms with Gasteiger partial charge >= 0.3 is 0 Å². The van der Waals surface area contributed by atoms with Gasteiger partial charge in [-0.1, -0.05) is 41.9 Å². The van der Waals surface area contributed by atoms with Gasteiger partial charge < -0.3 is 4.90 Å². The van der Waals surface area contributed by atoms with Crippen molar-refractivity contribution in [3.8, 4) is 0 Å². The van der Waals surface area contributed by atoms with Crippen LogP contribution in [0.25, 0.3) is 0 Å². The van der Waals surface area contributed by atoms with Gasteiger partial charge in [0, 0.05) is 34.9 Å². The van der Waals surface area contributed by atoms with E-state index in [-0.39, 0.29) is 23.9 Å². The number of nitrogens with zero attached hydrogens (tertiary/aromatic N) is 1. The minimum Gasteiger partial charge on any atom is -0.362 e. The number of hydrogen-bond donors (Lipinski definition) is 1. The van der Waals surface area contributed by atoms with E-state index in [1.54, 1.807) is 60.4 Å². The van der Waals surface area contributed by atoms with Crippen molar-refractivity contribution >= 4 is 33.0 Å². The van der Waals surface area contributed by atoms with Gasteiger partial charge in [-0.25, -0.2) is 17.2 Å². The summed E-state index contributed by atoms with van der Waals surface area (Å²) < 4.78 is 54.7. The lowest BCUT2D eigenvalue weighted by Crippen LogP contribution is -2.24. The minimum atomic E-state index is -3.48. The summed E-state index contributed by atoms with van der Waals surface area (Å²) in [4.78, 5) is 1.80. The summed E-state index contributed by atoms with van der Waals surface area (Å²) >= 11 is 5.86. The predicted octanol–water partition coefficient (Wildman–Crippen LogP) is 5.50. The van der Waals surface area contributed by atoms with Crippen LogP contribution in [-0.4, -0.2) is 14.7 Å². The molecular weight excluding hydrogens is 430 g/mol. The number of hydrogen-bond acceptors (Lipinski definition) is 3. The first-order valence-corrected chi connectivity index (χ1v) is 11.4. The minimum absolute atomic E-state index is 0.139. The fraction of sp³-hybridized carbons (Fsp3) is 0.182. The molecule has 0 bridgehead atoms. The van der Waals surface area contributed by atoms with E-state index in [1.807, 2.05) is 0 Å². The first-order chi connectivity index (χ1) is 14.1. The zero-order valence-corrected chi connectivity index (χ0v) is 18.1. The third kappa shape index (κ3) is 5.49. The number of halogens is 3. The summed E-state index contributed by atoms with van der Waals surface area (Å²) in [5.41, 5.74) is 2.53. The van der Waals surface area contributed by atoms with Gasteiger partial charge in [-0.3, -0.25) is 4.72 Å². The quantitative estimate of drug-likeness (QED) is 0.516. The van der Waals surface area contributed by atoms with Crippen LogP contribution in [0, 0.1) is 18.6 Å². The summed E-state index contributed by atoms with van der Waals surface area (Å²) in [6.07, 6.45) is 1.07. The van der Waals surface area contributed by atoms with Crippen LogP contribution in [0.2, 0.25) is 5.02 Å². The molecule has 0 spiro atoms. The summed E-state index contributed by atoms with van der Waals surface area (Å²) in [5, 5.41) is 0.285. The second kappa shape index (κ2) is 9.02. The molecule has 3 aromatic rings. The molecule has 30 heavy (non-hydrogen) atoms. The molecule has 0 aliphatic rings. The topological polar surface area (TPSA) is 49.4 Å². The molecule has 0 saturated carbocycles. The summed E-state index contributed by atoms with van der Waals surface area (Å²) in [5.74, 6) is -0.841. The third-order valence-corrected chi connectivity index (χ3v) is 5.46. The lowest BCUT2D eigenvalue weighted by molar-refractivity contribution is 0.591. The average Bonchev–Trinajstić information content (AvgIpc) is 2.66. The van der Waals surface area contributed by atoms with Crippen LogP contribution >= 0.6 is 11.6 Å². The molecule has 0 aliphatic carbocycles. The fourth-order valence-electron chi connectivity index (χ4n) is 3.19. The van der Waals surface area contributed by atoms with E-state index in [0.717, 1.165) is 6.26 Å². The van der Waals surface area contributed by atoms with E-state index in [0.29, 0.717) is 28.1 Å². The SMILES string of the molecule is Cc1c(NS(C)(=O)=O)cccc1N(Cc1ccccc1F)Cc1ccc(Cl)cc1F. The smallest absolute Gasteiger partial charge is 0.229 e. The molecule has 158 valence electrons. The number of rotatable bonds is 7. The Labute approximate surface area is 180 Å². The van der Waals surface area contributed by atoms with E-state index in [9.17, 15) is 17.2 Å². The van der Waals surface area contributed by atoms with Crippen molar-refractivity contribution in [2.24, 2.45) is 0 Å². The standard InChI is InChI=1S/C22H21ClF2N2O2S/c1-15-21(26-30(2,28)29)8-5-9-22(15)27(13-16-6-3-4-7-19(16)24)14-17-10-11-18(23)12-20(17)25/h3-12,26H,13-14H2,1-2H3. The molecule has 0 unspecified atom stereocenters. The van der Waals surface area contributed by atoms with Crippen LogP contribution in [-0.2, 0) is 23.1 Å². The van der Waals surface area contributed by atoms with Crippen molar-refractivity contribution in [1.82, 2.24) is 0 Å². The highest BCUT2D eigenvalue weighted by Gasteiger charge is 2.17. The fourth-order valence-corrected chi connectivity index (χ4v) is 3.97. The van der Waals surface area contributed by atoms with Crippen LogP contribution in [0.15, 0.2) is 60.7 Å². The number of sulfonamides is 1. The Balaban J connectivity index is 2.05. The lowest BCUT2D eigenvalue weighted by atomic mass is 10.1. The van der Waals surface area contributed by atoms with Crippen LogP contribution < -0.4 is 9.62 Å². The zero-order chi connectivity index (χ0) is 21.9. The van der Waals surface area contributed by atoms with Gasteiger partial charge in [-0.15, -0.1) is 0 Å². The maximum atomic E-state index is 14.5. The number of anilines is 2. The lowest BCUT2D eigenvalue weighted by Gasteiger charge is -2.28. The average molecular weight is 451 g/mol. The maximum Gasteiger partial charge on any atom is 0.229 e. The van der Waals surface area contributed by atoms with Gasteiger partial charge in [0.15, 0.2) is 0 Å². The van der Waals surface area contributed by atoms with Crippen LogP contribution in [0.5, 0.6) is 0 Å².